The maximum absolute atomic E-state index is 4.47. The van der Waals surface area contributed by atoms with Crippen LogP contribution >= 0.6 is 22.7 Å². The summed E-state index contributed by atoms with van der Waals surface area (Å²) >= 11 is 3.48. The number of nitrogens with one attached hydrogen (secondary N) is 1. The van der Waals surface area contributed by atoms with Gasteiger partial charge in [0.1, 0.15) is 0 Å². The first-order valence-corrected chi connectivity index (χ1v) is 7.55. The molecule has 2 aromatic rings. The van der Waals surface area contributed by atoms with Gasteiger partial charge in [0, 0.05) is 35.2 Å². The molecule has 0 fully saturated rings. The number of rotatable bonds is 6. The van der Waals surface area contributed by atoms with E-state index in [1.165, 1.54) is 10.6 Å². The fraction of sp³-hybridized carbons (Fsp3) is 0.417. The molecule has 0 aromatic carbocycles. The predicted molar refractivity (Wildman–Crippen MR) is 77.3 cm³/mol. The highest BCUT2D eigenvalue weighted by molar-refractivity contribution is 7.15. The van der Waals surface area contributed by atoms with Gasteiger partial charge in [0.05, 0.1) is 6.54 Å². The molecule has 0 atom stereocenters. The molecular formula is C12H17N3S2. The van der Waals surface area contributed by atoms with Crippen LogP contribution in [0, 0.1) is 0 Å². The lowest BCUT2D eigenvalue weighted by atomic mass is 10.5. The van der Waals surface area contributed by atoms with Crippen LogP contribution < -0.4 is 10.2 Å². The zero-order valence-electron chi connectivity index (χ0n) is 10.1. The highest BCUT2D eigenvalue weighted by atomic mass is 32.1. The lowest BCUT2D eigenvalue weighted by Gasteiger charge is -2.16. The molecule has 0 bridgehead atoms. The number of anilines is 2. The van der Waals surface area contributed by atoms with Gasteiger partial charge in [0.25, 0.3) is 0 Å². The van der Waals surface area contributed by atoms with Crippen molar-refractivity contribution in [3.8, 4) is 0 Å². The summed E-state index contributed by atoms with van der Waals surface area (Å²) < 4.78 is 0. The summed E-state index contributed by atoms with van der Waals surface area (Å²) in [4.78, 5) is 8.02. The number of nitrogens with zero attached hydrogens (tertiary/aromatic N) is 2. The average Bonchev–Trinajstić information content (AvgIpc) is 2.99. The van der Waals surface area contributed by atoms with Gasteiger partial charge in [-0.15, -0.1) is 11.3 Å². The van der Waals surface area contributed by atoms with E-state index in [2.05, 4.69) is 45.9 Å². The molecule has 92 valence electrons. The molecule has 0 aliphatic carbocycles. The minimum Gasteiger partial charge on any atom is -0.379 e. The molecule has 0 saturated carbocycles. The second-order valence-electron chi connectivity index (χ2n) is 3.65. The van der Waals surface area contributed by atoms with Crippen LogP contribution in [0.2, 0.25) is 0 Å². The molecule has 2 aromatic heterocycles. The topological polar surface area (TPSA) is 28.2 Å². The summed E-state index contributed by atoms with van der Waals surface area (Å²) in [5, 5.41) is 8.71. The van der Waals surface area contributed by atoms with Gasteiger partial charge in [-0.05, 0) is 25.3 Å². The van der Waals surface area contributed by atoms with Crippen LogP contribution in [0.25, 0.3) is 0 Å². The molecule has 1 N–H and O–H groups in total. The first-order valence-electron chi connectivity index (χ1n) is 5.79. The number of hydrogen-bond donors (Lipinski definition) is 1. The first-order chi connectivity index (χ1) is 8.33. The minimum absolute atomic E-state index is 0.857. The molecule has 2 rings (SSSR count). The van der Waals surface area contributed by atoms with E-state index >= 15 is 0 Å². The van der Waals surface area contributed by atoms with E-state index in [4.69, 9.17) is 0 Å². The van der Waals surface area contributed by atoms with Crippen LogP contribution in [-0.2, 0) is 6.54 Å². The predicted octanol–water partition coefficient (Wildman–Crippen LogP) is 3.66. The Morgan fingerprint density at radius 1 is 1.35 bits per heavy atom. The molecule has 5 heteroatoms. The monoisotopic (exact) mass is 267 g/mol. The van der Waals surface area contributed by atoms with Crippen LogP contribution in [0.1, 0.15) is 18.7 Å². The lowest BCUT2D eigenvalue weighted by molar-refractivity contribution is 0.860. The Kier molecular flexibility index (Phi) is 4.39. The molecule has 0 aliphatic heterocycles. The molecule has 0 spiro atoms. The maximum Gasteiger partial charge on any atom is 0.185 e. The van der Waals surface area contributed by atoms with Crippen molar-refractivity contribution in [1.29, 1.82) is 0 Å². The van der Waals surface area contributed by atoms with E-state index in [1.54, 1.807) is 22.7 Å². The lowest BCUT2D eigenvalue weighted by Crippen LogP contribution is -2.21. The third-order valence-corrected chi connectivity index (χ3v) is 4.30. The maximum atomic E-state index is 4.47. The SMILES string of the molecule is CCN(CC)c1ncc(CNc2ccsc2)s1. The van der Waals surface area contributed by atoms with Crippen molar-refractivity contribution < 1.29 is 0 Å². The van der Waals surface area contributed by atoms with Crippen LogP contribution in [0.15, 0.2) is 23.0 Å². The Labute approximate surface area is 110 Å². The van der Waals surface area contributed by atoms with Gasteiger partial charge in [-0.25, -0.2) is 4.98 Å². The Bertz CT molecular complexity index is 432. The first kappa shape index (κ1) is 12.4. The fourth-order valence-electron chi connectivity index (χ4n) is 1.57. The van der Waals surface area contributed by atoms with E-state index < -0.39 is 0 Å². The third kappa shape index (κ3) is 3.20. The summed E-state index contributed by atoms with van der Waals surface area (Å²) in [7, 11) is 0. The van der Waals surface area contributed by atoms with Gasteiger partial charge in [0.15, 0.2) is 5.13 Å². The number of hydrogen-bond acceptors (Lipinski definition) is 5. The van der Waals surface area contributed by atoms with Crippen molar-refractivity contribution in [2.24, 2.45) is 0 Å². The third-order valence-electron chi connectivity index (χ3n) is 2.56. The van der Waals surface area contributed by atoms with Gasteiger partial charge >= 0.3 is 0 Å². The Morgan fingerprint density at radius 3 is 2.82 bits per heavy atom. The van der Waals surface area contributed by atoms with E-state index in [9.17, 15) is 0 Å². The Morgan fingerprint density at radius 2 is 2.18 bits per heavy atom. The van der Waals surface area contributed by atoms with Crippen molar-refractivity contribution in [2.45, 2.75) is 20.4 Å². The van der Waals surface area contributed by atoms with Gasteiger partial charge in [-0.2, -0.15) is 11.3 Å². The quantitative estimate of drug-likeness (QED) is 0.865. The normalized spacial score (nSPS) is 10.5. The van der Waals surface area contributed by atoms with Gasteiger partial charge in [-0.3, -0.25) is 0 Å². The van der Waals surface area contributed by atoms with Crippen LogP contribution in [0.5, 0.6) is 0 Å². The van der Waals surface area contributed by atoms with Gasteiger partial charge in [-0.1, -0.05) is 0 Å². The van der Waals surface area contributed by atoms with E-state index in [0.29, 0.717) is 0 Å². The molecule has 0 saturated heterocycles. The van der Waals surface area contributed by atoms with Gasteiger partial charge in [0.2, 0.25) is 0 Å². The molecule has 2 heterocycles. The molecular weight excluding hydrogens is 250 g/mol. The molecule has 17 heavy (non-hydrogen) atoms. The second-order valence-corrected chi connectivity index (χ2v) is 5.52. The Hall–Kier alpha value is -1.07. The van der Waals surface area contributed by atoms with Gasteiger partial charge < -0.3 is 10.2 Å². The summed E-state index contributed by atoms with van der Waals surface area (Å²) in [5.41, 5.74) is 1.19. The largest absolute Gasteiger partial charge is 0.379 e. The Balaban J connectivity index is 1.94. The molecule has 0 unspecified atom stereocenters. The van der Waals surface area contributed by atoms with E-state index in [-0.39, 0.29) is 0 Å². The van der Waals surface area contributed by atoms with Crippen molar-refractivity contribution in [1.82, 2.24) is 4.98 Å². The summed E-state index contributed by atoms with van der Waals surface area (Å²) in [6.45, 7) is 7.21. The summed E-state index contributed by atoms with van der Waals surface area (Å²) in [6.07, 6.45) is 1.97. The van der Waals surface area contributed by atoms with Crippen molar-refractivity contribution in [3.63, 3.8) is 0 Å². The molecule has 0 aliphatic rings. The zero-order chi connectivity index (χ0) is 12.1. The van der Waals surface area contributed by atoms with Crippen LogP contribution in [-0.4, -0.2) is 18.1 Å². The highest BCUT2D eigenvalue weighted by Crippen LogP contribution is 2.23. The van der Waals surface area contributed by atoms with Crippen molar-refractivity contribution >= 4 is 33.5 Å². The second kappa shape index (κ2) is 6.02. The summed E-state index contributed by atoms with van der Waals surface area (Å²) in [5.74, 6) is 0. The average molecular weight is 267 g/mol. The number of thiazole rings is 1. The van der Waals surface area contributed by atoms with Crippen molar-refractivity contribution in [2.75, 3.05) is 23.3 Å². The molecule has 3 nitrogen and oxygen atoms in total. The van der Waals surface area contributed by atoms with Crippen LogP contribution in [0.3, 0.4) is 0 Å². The smallest absolute Gasteiger partial charge is 0.185 e. The number of aromatic nitrogens is 1. The minimum atomic E-state index is 0.857. The standard InChI is InChI=1S/C12H17N3S2/c1-3-15(4-2)12-14-8-11(17-12)7-13-10-5-6-16-9-10/h5-6,8-9,13H,3-4,7H2,1-2H3. The van der Waals surface area contributed by atoms with E-state index in [0.717, 1.165) is 24.8 Å². The molecule has 0 radical (unpaired) electrons. The van der Waals surface area contributed by atoms with Crippen molar-refractivity contribution in [3.05, 3.63) is 27.9 Å². The van der Waals surface area contributed by atoms with Crippen LogP contribution in [0.4, 0.5) is 10.8 Å². The number of thiophene rings is 1. The molecule has 0 amide bonds. The summed E-state index contributed by atoms with van der Waals surface area (Å²) in [6, 6.07) is 2.09. The fourth-order valence-corrected chi connectivity index (χ4v) is 3.16. The van der Waals surface area contributed by atoms with E-state index in [1.807, 2.05) is 6.20 Å². The zero-order valence-corrected chi connectivity index (χ0v) is 11.8. The highest BCUT2D eigenvalue weighted by Gasteiger charge is 2.07.